The quantitative estimate of drug-likeness (QED) is 0.792. The number of anilines is 1. The first-order valence-corrected chi connectivity index (χ1v) is 5.95. The van der Waals surface area contributed by atoms with E-state index in [0.717, 1.165) is 18.4 Å². The Morgan fingerprint density at radius 2 is 2.28 bits per heavy atom. The van der Waals surface area contributed by atoms with Gasteiger partial charge in [-0.3, -0.25) is 4.79 Å². The van der Waals surface area contributed by atoms with Crippen molar-refractivity contribution in [3.8, 4) is 0 Å². The van der Waals surface area contributed by atoms with Gasteiger partial charge in [-0.1, -0.05) is 0 Å². The fourth-order valence-electron chi connectivity index (χ4n) is 2.07. The number of ether oxygens (including phenoxy) is 1. The summed E-state index contributed by atoms with van der Waals surface area (Å²) in [5.41, 5.74) is 6.35. The summed E-state index contributed by atoms with van der Waals surface area (Å²) in [5, 5.41) is 0. The number of pyridine rings is 1. The summed E-state index contributed by atoms with van der Waals surface area (Å²) in [6, 6.07) is 3.52. The molecule has 2 heterocycles. The highest BCUT2D eigenvalue weighted by Gasteiger charge is 2.55. The van der Waals surface area contributed by atoms with Gasteiger partial charge in [0.1, 0.15) is 17.1 Å². The van der Waals surface area contributed by atoms with Crippen molar-refractivity contribution in [2.75, 3.05) is 12.3 Å². The third-order valence-electron chi connectivity index (χ3n) is 3.24. The molecule has 1 aliphatic rings. The Hall–Kier alpha value is -2.11. The third-order valence-corrected chi connectivity index (χ3v) is 3.24. The van der Waals surface area contributed by atoms with Crippen LogP contribution in [0.25, 0.3) is 11.2 Å². The minimum Gasteiger partial charge on any atom is -0.465 e. The average molecular weight is 246 g/mol. The Balaban J connectivity index is 2.02. The normalized spacial score (nSPS) is 16.7. The molecule has 1 saturated carbocycles. The van der Waals surface area contributed by atoms with Gasteiger partial charge in [-0.05, 0) is 31.9 Å². The molecule has 0 bridgehead atoms. The summed E-state index contributed by atoms with van der Waals surface area (Å²) in [4.78, 5) is 23.6. The van der Waals surface area contributed by atoms with Gasteiger partial charge in [0.2, 0.25) is 0 Å². The molecule has 0 amide bonds. The number of fused-ring (bicyclic) bond motifs is 1. The van der Waals surface area contributed by atoms with Gasteiger partial charge in [0.15, 0.2) is 5.65 Å². The van der Waals surface area contributed by atoms with E-state index in [1.54, 1.807) is 13.0 Å². The van der Waals surface area contributed by atoms with Crippen molar-refractivity contribution in [3.63, 3.8) is 0 Å². The summed E-state index contributed by atoms with van der Waals surface area (Å²) in [6.45, 7) is 2.18. The number of esters is 1. The number of rotatable bonds is 3. The van der Waals surface area contributed by atoms with Crippen molar-refractivity contribution >= 4 is 23.0 Å². The molecule has 0 aromatic carbocycles. The molecular formula is C12H14N4O2. The Labute approximate surface area is 104 Å². The number of hydrogen-bond donors (Lipinski definition) is 2. The smallest absolute Gasteiger partial charge is 0.319 e. The van der Waals surface area contributed by atoms with Crippen molar-refractivity contribution in [1.82, 2.24) is 15.0 Å². The van der Waals surface area contributed by atoms with Crippen LogP contribution in [0.15, 0.2) is 12.1 Å². The van der Waals surface area contributed by atoms with Gasteiger partial charge in [-0.2, -0.15) is 0 Å². The second-order valence-corrected chi connectivity index (χ2v) is 4.50. The van der Waals surface area contributed by atoms with Crippen molar-refractivity contribution in [1.29, 1.82) is 0 Å². The van der Waals surface area contributed by atoms with E-state index in [4.69, 9.17) is 10.5 Å². The molecule has 0 spiro atoms. The highest BCUT2D eigenvalue weighted by molar-refractivity contribution is 5.87. The lowest BCUT2D eigenvalue weighted by molar-refractivity contribution is -0.146. The number of nitrogens with zero attached hydrogens (tertiary/aromatic N) is 2. The Bertz CT molecular complexity index is 616. The molecule has 3 rings (SSSR count). The van der Waals surface area contributed by atoms with Crippen LogP contribution in [-0.4, -0.2) is 27.5 Å². The van der Waals surface area contributed by atoms with Gasteiger partial charge >= 0.3 is 5.97 Å². The molecule has 94 valence electrons. The van der Waals surface area contributed by atoms with Crippen molar-refractivity contribution in [2.24, 2.45) is 0 Å². The number of hydrogen-bond acceptors (Lipinski definition) is 5. The molecule has 0 atom stereocenters. The number of nitrogen functional groups attached to an aromatic ring is 1. The van der Waals surface area contributed by atoms with E-state index in [-0.39, 0.29) is 5.97 Å². The number of carbonyl (C=O) groups is 1. The lowest BCUT2D eigenvalue weighted by Gasteiger charge is -2.10. The Kier molecular flexibility index (Phi) is 2.26. The fourth-order valence-corrected chi connectivity index (χ4v) is 2.07. The summed E-state index contributed by atoms with van der Waals surface area (Å²) in [7, 11) is 0. The number of nitrogens with two attached hydrogens (primary N) is 1. The maximum Gasteiger partial charge on any atom is 0.319 e. The number of carbonyl (C=O) groups excluding carboxylic acids is 1. The zero-order valence-corrected chi connectivity index (χ0v) is 10.1. The summed E-state index contributed by atoms with van der Waals surface area (Å²) >= 11 is 0. The summed E-state index contributed by atoms with van der Waals surface area (Å²) in [6.07, 6.45) is 1.53. The van der Waals surface area contributed by atoms with Crippen LogP contribution in [0.1, 0.15) is 25.6 Å². The van der Waals surface area contributed by atoms with Crippen LogP contribution < -0.4 is 5.73 Å². The minimum absolute atomic E-state index is 0.211. The van der Waals surface area contributed by atoms with E-state index in [2.05, 4.69) is 15.0 Å². The zero-order valence-electron chi connectivity index (χ0n) is 10.1. The van der Waals surface area contributed by atoms with E-state index in [1.807, 2.05) is 6.07 Å². The third kappa shape index (κ3) is 1.53. The number of imidazole rings is 1. The summed E-state index contributed by atoms with van der Waals surface area (Å²) < 4.78 is 5.10. The van der Waals surface area contributed by atoms with Crippen LogP contribution in [0.5, 0.6) is 0 Å². The topological polar surface area (TPSA) is 93.9 Å². The van der Waals surface area contributed by atoms with E-state index >= 15 is 0 Å². The van der Waals surface area contributed by atoms with E-state index in [9.17, 15) is 4.79 Å². The van der Waals surface area contributed by atoms with Gasteiger partial charge in [0, 0.05) is 0 Å². The molecule has 1 fully saturated rings. The molecule has 6 nitrogen and oxygen atoms in total. The molecule has 0 unspecified atom stereocenters. The molecule has 18 heavy (non-hydrogen) atoms. The van der Waals surface area contributed by atoms with Gasteiger partial charge in [-0.25, -0.2) is 9.97 Å². The molecule has 6 heteroatoms. The predicted octanol–water partition coefficient (Wildman–Crippen LogP) is 1.13. The zero-order chi connectivity index (χ0) is 12.8. The minimum atomic E-state index is -0.592. The second-order valence-electron chi connectivity index (χ2n) is 4.50. The fraction of sp³-hybridized carbons (Fsp3) is 0.417. The number of nitrogens with one attached hydrogen (secondary N) is 1. The molecule has 0 saturated heterocycles. The average Bonchev–Trinajstić information content (AvgIpc) is 3.05. The molecule has 0 aliphatic heterocycles. The SMILES string of the molecule is CCOC(=O)C1(c2nc3nc(N)ccc3[nH]2)CC1. The highest BCUT2D eigenvalue weighted by atomic mass is 16.5. The van der Waals surface area contributed by atoms with E-state index < -0.39 is 5.41 Å². The number of H-pyrrole nitrogens is 1. The monoisotopic (exact) mass is 246 g/mol. The van der Waals surface area contributed by atoms with Crippen LogP contribution in [0, 0.1) is 0 Å². The van der Waals surface area contributed by atoms with Crippen molar-refractivity contribution < 1.29 is 9.53 Å². The van der Waals surface area contributed by atoms with Crippen LogP contribution in [0.4, 0.5) is 5.82 Å². The molecule has 2 aromatic rings. The lowest BCUT2D eigenvalue weighted by Crippen LogP contribution is -2.24. The number of aromatic amines is 1. The molecule has 0 radical (unpaired) electrons. The largest absolute Gasteiger partial charge is 0.465 e. The maximum atomic E-state index is 11.9. The van der Waals surface area contributed by atoms with Crippen LogP contribution in [0.2, 0.25) is 0 Å². The van der Waals surface area contributed by atoms with Crippen LogP contribution >= 0.6 is 0 Å². The first kappa shape index (κ1) is 11.0. The Morgan fingerprint density at radius 1 is 1.50 bits per heavy atom. The van der Waals surface area contributed by atoms with Crippen molar-refractivity contribution in [3.05, 3.63) is 18.0 Å². The van der Waals surface area contributed by atoms with Gasteiger partial charge in [0.05, 0.1) is 12.1 Å². The second kappa shape index (κ2) is 3.69. The van der Waals surface area contributed by atoms with Crippen LogP contribution in [-0.2, 0) is 14.9 Å². The van der Waals surface area contributed by atoms with Gasteiger partial charge in [0.25, 0.3) is 0 Å². The van der Waals surface area contributed by atoms with Gasteiger partial charge < -0.3 is 15.5 Å². The van der Waals surface area contributed by atoms with Crippen LogP contribution in [0.3, 0.4) is 0 Å². The number of aromatic nitrogens is 3. The molecule has 3 N–H and O–H groups in total. The Morgan fingerprint density at radius 3 is 2.94 bits per heavy atom. The van der Waals surface area contributed by atoms with E-state index in [1.165, 1.54) is 0 Å². The standard InChI is InChI=1S/C12H14N4O2/c1-2-18-11(17)12(5-6-12)10-14-7-3-4-8(13)15-9(7)16-10/h3-4H,2,5-6H2,1H3,(H3,13,14,15,16). The first-order chi connectivity index (χ1) is 8.65. The molecular weight excluding hydrogens is 232 g/mol. The highest BCUT2D eigenvalue weighted by Crippen LogP contribution is 2.48. The first-order valence-electron chi connectivity index (χ1n) is 5.95. The maximum absolute atomic E-state index is 11.9. The van der Waals surface area contributed by atoms with Gasteiger partial charge in [-0.15, -0.1) is 0 Å². The lowest BCUT2D eigenvalue weighted by atomic mass is 10.1. The van der Waals surface area contributed by atoms with E-state index in [0.29, 0.717) is 23.9 Å². The molecule has 1 aliphatic carbocycles. The predicted molar refractivity (Wildman–Crippen MR) is 65.8 cm³/mol. The summed E-state index contributed by atoms with van der Waals surface area (Å²) in [5.74, 6) is 0.840. The van der Waals surface area contributed by atoms with Crippen molar-refractivity contribution in [2.45, 2.75) is 25.2 Å². The molecule has 2 aromatic heterocycles.